The molecule has 0 radical (unpaired) electrons. The van der Waals surface area contributed by atoms with E-state index in [-0.39, 0.29) is 29.8 Å². The second-order valence-electron chi connectivity index (χ2n) is 10.3. The number of rotatable bonds is 8. The van der Waals surface area contributed by atoms with Crippen LogP contribution in [0.15, 0.2) is 97.2 Å². The van der Waals surface area contributed by atoms with Gasteiger partial charge in [-0.3, -0.25) is 9.48 Å². The molecule has 1 fully saturated rings. The Labute approximate surface area is 243 Å². The Hall–Kier alpha value is -5.32. The summed E-state index contributed by atoms with van der Waals surface area (Å²) < 4.78 is 7.40. The van der Waals surface area contributed by atoms with Crippen molar-refractivity contribution < 1.29 is 19.1 Å². The maximum absolute atomic E-state index is 12.7. The Morgan fingerprint density at radius 2 is 1.83 bits per heavy atom. The monoisotopic (exact) mass is 567 g/mol. The van der Waals surface area contributed by atoms with Gasteiger partial charge in [0.05, 0.1) is 17.6 Å². The molecule has 0 spiro atoms. The van der Waals surface area contributed by atoms with Crippen molar-refractivity contribution in [3.8, 4) is 11.1 Å². The normalized spacial score (nSPS) is 15.6. The summed E-state index contributed by atoms with van der Waals surface area (Å²) in [6.45, 7) is 9.95. The largest absolute Gasteiger partial charge is 0.445 e. The van der Waals surface area contributed by atoms with Crippen LogP contribution in [-0.4, -0.2) is 45.8 Å². The highest BCUT2D eigenvalue weighted by atomic mass is 16.6. The van der Waals surface area contributed by atoms with Gasteiger partial charge in [-0.25, -0.2) is 9.59 Å². The molecule has 0 saturated carbocycles. The van der Waals surface area contributed by atoms with Gasteiger partial charge < -0.3 is 31.3 Å². The molecule has 42 heavy (non-hydrogen) atoms. The van der Waals surface area contributed by atoms with Crippen LogP contribution >= 0.6 is 0 Å². The summed E-state index contributed by atoms with van der Waals surface area (Å²) >= 11 is 0. The summed E-state index contributed by atoms with van der Waals surface area (Å²) in [7, 11) is 0. The lowest BCUT2D eigenvalue weighted by Gasteiger charge is -2.31. The number of amides is 4. The Kier molecular flexibility index (Phi) is 8.37. The van der Waals surface area contributed by atoms with Crippen LogP contribution in [0.4, 0.5) is 9.59 Å². The number of ether oxygens (including phenoxy) is 1. The van der Waals surface area contributed by atoms with E-state index < -0.39 is 11.9 Å². The first kappa shape index (κ1) is 28.2. The third-order valence-corrected chi connectivity index (χ3v) is 7.29. The van der Waals surface area contributed by atoms with E-state index in [1.807, 2.05) is 65.5 Å². The minimum Gasteiger partial charge on any atom is -0.445 e. The van der Waals surface area contributed by atoms with Crippen LogP contribution in [0.3, 0.4) is 0 Å². The molecule has 5 N–H and O–H groups in total. The van der Waals surface area contributed by atoms with E-state index in [1.54, 1.807) is 11.1 Å². The number of likely N-dealkylation sites (tertiary alicyclic amines) is 1. The molecule has 1 aromatic heterocycles. The number of benzene rings is 2. The first-order valence-electron chi connectivity index (χ1n) is 13.6. The molecule has 5 rings (SSSR count). The van der Waals surface area contributed by atoms with Gasteiger partial charge in [0.1, 0.15) is 12.3 Å². The lowest BCUT2D eigenvalue weighted by molar-refractivity contribution is -0.116. The number of piperidine rings is 1. The van der Waals surface area contributed by atoms with Crippen LogP contribution in [0, 0.1) is 5.92 Å². The van der Waals surface area contributed by atoms with E-state index >= 15 is 0 Å². The molecule has 0 atom stereocenters. The lowest BCUT2D eigenvalue weighted by atomic mass is 9.97. The quantitative estimate of drug-likeness (QED) is 0.327. The molecule has 2 aromatic carbocycles. The Balaban J connectivity index is 1.14. The minimum atomic E-state index is -0.595. The molecule has 0 unspecified atom stereocenters. The topological polar surface area (TPSA) is 144 Å². The van der Waals surface area contributed by atoms with Gasteiger partial charge in [-0.2, -0.15) is 5.10 Å². The number of nitrogens with two attached hydrogens (primary N) is 1. The molecule has 2 aliphatic rings. The van der Waals surface area contributed by atoms with Crippen molar-refractivity contribution in [1.82, 2.24) is 30.6 Å². The molecule has 3 aromatic rings. The van der Waals surface area contributed by atoms with Crippen molar-refractivity contribution in [1.29, 1.82) is 0 Å². The summed E-state index contributed by atoms with van der Waals surface area (Å²) in [5.41, 5.74) is 9.86. The summed E-state index contributed by atoms with van der Waals surface area (Å²) in [5.74, 6) is -0.201. The number of hydrogen-bond acceptors (Lipinski definition) is 6. The SMILES string of the molecule is C=C1NC(=O)NC(C(=O)NC(=C)c2cccc(-c3cnn(CC4CCN(C(=O)OCc5ccccc5)CC4)c3)c2)=C1N. The fraction of sp³-hybridized carbons (Fsp3) is 0.226. The molecule has 2 aliphatic heterocycles. The number of nitrogens with one attached hydrogen (secondary N) is 3. The number of carbonyl (C=O) groups is 3. The van der Waals surface area contributed by atoms with Crippen molar-refractivity contribution in [3.05, 3.63) is 108 Å². The summed E-state index contributed by atoms with van der Waals surface area (Å²) in [5, 5.41) is 12.1. The molecule has 4 amide bonds. The standard InChI is InChI=1S/C31H33N7O4/c1-20(34-29(39)28-27(32)21(2)35-30(40)36-28)24-9-6-10-25(15-24)26-16-33-38(18-26)17-22-11-13-37(14-12-22)31(41)42-19-23-7-4-3-5-8-23/h3-10,15-16,18,22H,1-2,11-14,17,19,32H2,(H,34,39)(H2,35,36,40). The summed E-state index contributed by atoms with van der Waals surface area (Å²) in [6.07, 6.45) is 5.26. The van der Waals surface area contributed by atoms with Crippen LogP contribution in [-0.2, 0) is 22.7 Å². The molecule has 11 heteroatoms. The van der Waals surface area contributed by atoms with Crippen LogP contribution in [0.5, 0.6) is 0 Å². The highest BCUT2D eigenvalue weighted by molar-refractivity contribution is 6.03. The van der Waals surface area contributed by atoms with E-state index in [2.05, 4.69) is 34.2 Å². The highest BCUT2D eigenvalue weighted by Crippen LogP contribution is 2.25. The van der Waals surface area contributed by atoms with Gasteiger partial charge in [0.25, 0.3) is 5.91 Å². The van der Waals surface area contributed by atoms with Gasteiger partial charge in [-0.1, -0.05) is 61.7 Å². The summed E-state index contributed by atoms with van der Waals surface area (Å²) in [4.78, 5) is 38.7. The molecule has 0 aliphatic carbocycles. The lowest BCUT2D eigenvalue weighted by Crippen LogP contribution is -2.46. The minimum absolute atomic E-state index is 0.0507. The van der Waals surface area contributed by atoms with Gasteiger partial charge in [0, 0.05) is 37.1 Å². The number of carbonyl (C=O) groups excluding carboxylic acids is 3. The third kappa shape index (κ3) is 6.69. The second kappa shape index (κ2) is 12.5. The average molecular weight is 568 g/mol. The molecular formula is C31H33N7O4. The van der Waals surface area contributed by atoms with Gasteiger partial charge in [-0.15, -0.1) is 0 Å². The predicted octanol–water partition coefficient (Wildman–Crippen LogP) is 3.68. The van der Waals surface area contributed by atoms with Crippen molar-refractivity contribution in [2.45, 2.75) is 26.0 Å². The Morgan fingerprint density at radius 1 is 1.07 bits per heavy atom. The number of hydrogen-bond donors (Lipinski definition) is 4. The predicted molar refractivity (Wildman–Crippen MR) is 158 cm³/mol. The maximum Gasteiger partial charge on any atom is 0.410 e. The highest BCUT2D eigenvalue weighted by Gasteiger charge is 2.25. The van der Waals surface area contributed by atoms with Gasteiger partial charge in [-0.05, 0) is 41.5 Å². The van der Waals surface area contributed by atoms with E-state index in [1.165, 1.54) is 0 Å². The molecular weight excluding hydrogens is 534 g/mol. The third-order valence-electron chi connectivity index (χ3n) is 7.29. The second-order valence-corrected chi connectivity index (χ2v) is 10.3. The van der Waals surface area contributed by atoms with E-state index in [4.69, 9.17) is 10.5 Å². The van der Waals surface area contributed by atoms with Crippen LogP contribution < -0.4 is 21.7 Å². The van der Waals surface area contributed by atoms with E-state index in [0.29, 0.717) is 30.3 Å². The fourth-order valence-electron chi connectivity index (χ4n) is 4.89. The van der Waals surface area contributed by atoms with Crippen molar-refractivity contribution in [2.75, 3.05) is 13.1 Å². The zero-order chi connectivity index (χ0) is 29.6. The number of urea groups is 1. The van der Waals surface area contributed by atoms with Crippen molar-refractivity contribution in [2.24, 2.45) is 11.7 Å². The first-order valence-corrected chi connectivity index (χ1v) is 13.6. The smallest absolute Gasteiger partial charge is 0.410 e. The van der Waals surface area contributed by atoms with E-state index in [0.717, 1.165) is 36.1 Å². The molecule has 1 saturated heterocycles. The van der Waals surface area contributed by atoms with E-state index in [9.17, 15) is 14.4 Å². The Bertz CT molecular complexity index is 1550. The van der Waals surface area contributed by atoms with Crippen molar-refractivity contribution >= 4 is 23.7 Å². The zero-order valence-corrected chi connectivity index (χ0v) is 23.1. The average Bonchev–Trinajstić information content (AvgIpc) is 3.47. The number of aromatic nitrogens is 2. The molecule has 3 heterocycles. The van der Waals surface area contributed by atoms with Crippen LogP contribution in [0.1, 0.15) is 24.0 Å². The van der Waals surface area contributed by atoms with Crippen LogP contribution in [0.2, 0.25) is 0 Å². The van der Waals surface area contributed by atoms with Gasteiger partial charge in [0.15, 0.2) is 0 Å². The molecule has 0 bridgehead atoms. The molecule has 11 nitrogen and oxygen atoms in total. The number of nitrogens with zero attached hydrogens (tertiary/aromatic N) is 3. The maximum atomic E-state index is 12.7. The van der Waals surface area contributed by atoms with Gasteiger partial charge >= 0.3 is 12.1 Å². The Morgan fingerprint density at radius 3 is 2.60 bits per heavy atom. The zero-order valence-electron chi connectivity index (χ0n) is 23.1. The summed E-state index contributed by atoms with van der Waals surface area (Å²) in [6, 6.07) is 16.6. The van der Waals surface area contributed by atoms with Crippen LogP contribution in [0.25, 0.3) is 16.8 Å². The van der Waals surface area contributed by atoms with Gasteiger partial charge in [0.2, 0.25) is 0 Å². The van der Waals surface area contributed by atoms with Crippen molar-refractivity contribution in [3.63, 3.8) is 0 Å². The fourth-order valence-corrected chi connectivity index (χ4v) is 4.89. The first-order chi connectivity index (χ1) is 20.3. The molecule has 216 valence electrons.